The third kappa shape index (κ3) is 3.51. The molecule has 0 aromatic heterocycles. The lowest BCUT2D eigenvalue weighted by Gasteiger charge is -2.19. The molecule has 2 rings (SSSR count). The van der Waals surface area contributed by atoms with Crippen LogP contribution in [-0.4, -0.2) is 42.8 Å². The van der Waals surface area contributed by atoms with Gasteiger partial charge in [0.25, 0.3) is 0 Å². The summed E-state index contributed by atoms with van der Waals surface area (Å²) in [6.07, 6.45) is 0.499. The van der Waals surface area contributed by atoms with Crippen molar-refractivity contribution in [3.05, 3.63) is 39.7 Å². The van der Waals surface area contributed by atoms with E-state index in [1.165, 1.54) is 12.1 Å². The highest BCUT2D eigenvalue weighted by Gasteiger charge is 2.22. The van der Waals surface area contributed by atoms with Crippen molar-refractivity contribution in [3.8, 4) is 0 Å². The molecule has 0 aliphatic carbocycles. The number of hydrogen-bond acceptors (Lipinski definition) is 5. The van der Waals surface area contributed by atoms with Crippen LogP contribution in [0.1, 0.15) is 12.0 Å². The SMILES string of the molecule is O=[N+]([O-])c1cccc(CN2CCCS(=O)(=O)CC2)c1F. The maximum Gasteiger partial charge on any atom is 0.305 e. The first kappa shape index (κ1) is 14.9. The molecular weight excluding hydrogens is 287 g/mol. The summed E-state index contributed by atoms with van der Waals surface area (Å²) in [6, 6.07) is 4.04. The summed E-state index contributed by atoms with van der Waals surface area (Å²) >= 11 is 0. The van der Waals surface area contributed by atoms with Gasteiger partial charge in [-0.25, -0.2) is 8.42 Å². The van der Waals surface area contributed by atoms with Crippen molar-refractivity contribution in [2.75, 3.05) is 24.6 Å². The highest BCUT2D eigenvalue weighted by atomic mass is 32.2. The van der Waals surface area contributed by atoms with Crippen LogP contribution in [0, 0.1) is 15.9 Å². The molecule has 1 aromatic carbocycles. The molecule has 1 aliphatic heterocycles. The van der Waals surface area contributed by atoms with Gasteiger partial charge in [-0.3, -0.25) is 15.0 Å². The second-order valence-corrected chi connectivity index (χ2v) is 7.09. The Bertz CT molecular complexity index is 618. The monoisotopic (exact) mass is 302 g/mol. The van der Waals surface area contributed by atoms with Crippen LogP contribution in [0.15, 0.2) is 18.2 Å². The molecule has 0 atom stereocenters. The summed E-state index contributed by atoms with van der Waals surface area (Å²) in [6.45, 7) is 1.05. The molecule has 0 unspecified atom stereocenters. The highest BCUT2D eigenvalue weighted by Crippen LogP contribution is 2.21. The molecular formula is C12H15FN2O4S. The smallest absolute Gasteiger partial charge is 0.298 e. The van der Waals surface area contributed by atoms with Crippen molar-refractivity contribution in [2.24, 2.45) is 0 Å². The lowest BCUT2D eigenvalue weighted by molar-refractivity contribution is -0.387. The molecule has 20 heavy (non-hydrogen) atoms. The van der Waals surface area contributed by atoms with E-state index < -0.39 is 26.3 Å². The van der Waals surface area contributed by atoms with Crippen LogP contribution in [0.3, 0.4) is 0 Å². The first-order chi connectivity index (χ1) is 9.39. The molecule has 110 valence electrons. The molecule has 0 amide bonds. The van der Waals surface area contributed by atoms with Gasteiger partial charge >= 0.3 is 5.69 Å². The van der Waals surface area contributed by atoms with Gasteiger partial charge in [0, 0.05) is 24.7 Å². The zero-order valence-corrected chi connectivity index (χ0v) is 11.6. The summed E-state index contributed by atoms with van der Waals surface area (Å²) < 4.78 is 36.9. The maximum absolute atomic E-state index is 13.9. The Morgan fingerprint density at radius 2 is 2.05 bits per heavy atom. The van der Waals surface area contributed by atoms with Crippen LogP contribution in [0.2, 0.25) is 0 Å². The van der Waals surface area contributed by atoms with Crippen LogP contribution in [-0.2, 0) is 16.4 Å². The lowest BCUT2D eigenvalue weighted by Crippen LogP contribution is -2.27. The van der Waals surface area contributed by atoms with Gasteiger partial charge in [0.15, 0.2) is 9.84 Å². The van der Waals surface area contributed by atoms with E-state index in [1.807, 2.05) is 4.90 Å². The minimum absolute atomic E-state index is 0.0452. The van der Waals surface area contributed by atoms with Crippen molar-refractivity contribution in [3.63, 3.8) is 0 Å². The van der Waals surface area contributed by atoms with Crippen molar-refractivity contribution in [2.45, 2.75) is 13.0 Å². The molecule has 0 radical (unpaired) electrons. The summed E-state index contributed by atoms with van der Waals surface area (Å²) in [5.74, 6) is -0.658. The third-order valence-electron chi connectivity index (χ3n) is 3.30. The fraction of sp³-hybridized carbons (Fsp3) is 0.500. The standard InChI is InChI=1S/C12H15FN2O4S/c13-12-10(3-1-4-11(12)15(16)17)9-14-5-2-7-20(18,19)8-6-14/h1,3-4H,2,5-9H2. The number of rotatable bonds is 3. The predicted octanol–water partition coefficient (Wildman–Crippen LogP) is 1.35. The maximum atomic E-state index is 13.9. The van der Waals surface area contributed by atoms with Gasteiger partial charge in [0.1, 0.15) is 0 Å². The first-order valence-electron chi connectivity index (χ1n) is 6.23. The predicted molar refractivity (Wildman–Crippen MR) is 71.6 cm³/mol. The van der Waals surface area contributed by atoms with Crippen molar-refractivity contribution >= 4 is 15.5 Å². The topological polar surface area (TPSA) is 80.5 Å². The minimum atomic E-state index is -3.02. The highest BCUT2D eigenvalue weighted by molar-refractivity contribution is 7.91. The van der Waals surface area contributed by atoms with Crippen molar-refractivity contribution in [1.29, 1.82) is 0 Å². The number of benzene rings is 1. The molecule has 0 bridgehead atoms. The molecule has 1 aliphatic rings. The largest absolute Gasteiger partial charge is 0.305 e. The van der Waals surface area contributed by atoms with Crippen LogP contribution in [0.4, 0.5) is 10.1 Å². The third-order valence-corrected chi connectivity index (χ3v) is 5.01. The molecule has 1 heterocycles. The van der Waals surface area contributed by atoms with E-state index in [9.17, 15) is 22.9 Å². The average molecular weight is 302 g/mol. The van der Waals surface area contributed by atoms with Crippen LogP contribution in [0.25, 0.3) is 0 Å². The summed E-state index contributed by atoms with van der Waals surface area (Å²) in [5, 5.41) is 10.7. The van der Waals surface area contributed by atoms with Crippen molar-refractivity contribution < 1.29 is 17.7 Å². The Hall–Kier alpha value is -1.54. The molecule has 0 N–H and O–H groups in total. The van der Waals surface area contributed by atoms with Gasteiger partial charge in [-0.1, -0.05) is 12.1 Å². The lowest BCUT2D eigenvalue weighted by atomic mass is 10.1. The molecule has 1 saturated heterocycles. The van der Waals surface area contributed by atoms with E-state index in [0.717, 1.165) is 6.07 Å². The molecule has 1 fully saturated rings. The Kier molecular flexibility index (Phi) is 4.34. The average Bonchev–Trinajstić information content (AvgIpc) is 2.53. The Morgan fingerprint density at radius 1 is 1.30 bits per heavy atom. The number of nitro benzene ring substituents is 1. The zero-order valence-electron chi connectivity index (χ0n) is 10.8. The molecule has 8 heteroatoms. The number of nitrogens with zero attached hydrogens (tertiary/aromatic N) is 2. The zero-order chi connectivity index (χ0) is 14.8. The fourth-order valence-electron chi connectivity index (χ4n) is 2.22. The van der Waals surface area contributed by atoms with Gasteiger partial charge in [-0.15, -0.1) is 0 Å². The second kappa shape index (κ2) is 5.84. The van der Waals surface area contributed by atoms with E-state index in [0.29, 0.717) is 19.5 Å². The Balaban J connectivity index is 2.14. The molecule has 0 saturated carbocycles. The summed E-state index contributed by atoms with van der Waals surface area (Å²) in [5.41, 5.74) is -0.330. The van der Waals surface area contributed by atoms with E-state index in [1.54, 1.807) is 0 Å². The van der Waals surface area contributed by atoms with Crippen LogP contribution < -0.4 is 0 Å². The Morgan fingerprint density at radius 3 is 2.75 bits per heavy atom. The first-order valence-corrected chi connectivity index (χ1v) is 8.06. The van der Waals surface area contributed by atoms with Crippen molar-refractivity contribution in [1.82, 2.24) is 4.90 Å². The van der Waals surface area contributed by atoms with Crippen LogP contribution in [0.5, 0.6) is 0 Å². The summed E-state index contributed by atoms with van der Waals surface area (Å²) in [4.78, 5) is 11.7. The van der Waals surface area contributed by atoms with E-state index in [-0.39, 0.29) is 23.6 Å². The van der Waals surface area contributed by atoms with E-state index in [4.69, 9.17) is 0 Å². The quantitative estimate of drug-likeness (QED) is 0.622. The van der Waals surface area contributed by atoms with Gasteiger partial charge in [-0.05, 0) is 13.0 Å². The molecule has 0 spiro atoms. The number of hydrogen-bond donors (Lipinski definition) is 0. The van der Waals surface area contributed by atoms with Gasteiger partial charge in [0.05, 0.1) is 16.4 Å². The Labute approximate surface area is 116 Å². The van der Waals surface area contributed by atoms with Gasteiger partial charge < -0.3 is 0 Å². The number of nitro groups is 1. The van der Waals surface area contributed by atoms with E-state index in [2.05, 4.69) is 0 Å². The normalized spacial score (nSPS) is 19.4. The summed E-state index contributed by atoms with van der Waals surface area (Å²) in [7, 11) is -3.02. The van der Waals surface area contributed by atoms with E-state index >= 15 is 0 Å². The number of sulfone groups is 1. The van der Waals surface area contributed by atoms with Crippen LogP contribution >= 0.6 is 0 Å². The fourth-order valence-corrected chi connectivity index (χ4v) is 3.53. The minimum Gasteiger partial charge on any atom is -0.298 e. The molecule has 6 nitrogen and oxygen atoms in total. The van der Waals surface area contributed by atoms with Gasteiger partial charge in [0.2, 0.25) is 5.82 Å². The second-order valence-electron chi connectivity index (χ2n) is 4.79. The molecule has 1 aromatic rings. The van der Waals surface area contributed by atoms with Gasteiger partial charge in [-0.2, -0.15) is 4.39 Å². The number of halogens is 1.